The number of likely N-dealkylation sites (N-methyl/N-ethyl adjacent to an activating group) is 1. The van der Waals surface area contributed by atoms with Crippen LogP contribution in [0.4, 0.5) is 0 Å². The van der Waals surface area contributed by atoms with Crippen LogP contribution < -0.4 is 16.4 Å². The summed E-state index contributed by atoms with van der Waals surface area (Å²) in [5.74, 6) is 0. The SMILES string of the molecule is CNC1=C(N)C=CNC1. The normalized spacial score (nSPS) is 17.4. The van der Waals surface area contributed by atoms with Gasteiger partial charge in [-0.25, -0.2) is 0 Å². The van der Waals surface area contributed by atoms with Crippen LogP contribution in [-0.4, -0.2) is 13.6 Å². The summed E-state index contributed by atoms with van der Waals surface area (Å²) in [6, 6.07) is 0. The van der Waals surface area contributed by atoms with Crippen LogP contribution in [0.2, 0.25) is 0 Å². The van der Waals surface area contributed by atoms with Gasteiger partial charge in [-0.05, 0) is 12.3 Å². The molecule has 4 N–H and O–H groups in total. The summed E-state index contributed by atoms with van der Waals surface area (Å²) >= 11 is 0. The van der Waals surface area contributed by atoms with Crippen molar-refractivity contribution in [1.82, 2.24) is 10.6 Å². The van der Waals surface area contributed by atoms with Crippen molar-refractivity contribution in [3.8, 4) is 0 Å². The second-order valence-electron chi connectivity index (χ2n) is 1.90. The van der Waals surface area contributed by atoms with E-state index in [9.17, 15) is 0 Å². The fourth-order valence-corrected chi connectivity index (χ4v) is 0.745. The topological polar surface area (TPSA) is 50.1 Å². The van der Waals surface area contributed by atoms with E-state index in [1.807, 2.05) is 19.3 Å². The van der Waals surface area contributed by atoms with Gasteiger partial charge in [0.1, 0.15) is 0 Å². The molecule has 9 heavy (non-hydrogen) atoms. The average Bonchev–Trinajstić information content (AvgIpc) is 1.89. The number of nitrogens with one attached hydrogen (secondary N) is 2. The molecule has 0 aromatic rings. The minimum Gasteiger partial charge on any atom is -0.397 e. The Morgan fingerprint density at radius 1 is 1.78 bits per heavy atom. The van der Waals surface area contributed by atoms with E-state index in [2.05, 4.69) is 10.6 Å². The van der Waals surface area contributed by atoms with Gasteiger partial charge < -0.3 is 16.4 Å². The summed E-state index contributed by atoms with van der Waals surface area (Å²) in [5, 5.41) is 6.03. The van der Waals surface area contributed by atoms with Gasteiger partial charge in [-0.2, -0.15) is 0 Å². The molecule has 0 aromatic heterocycles. The zero-order chi connectivity index (χ0) is 6.69. The van der Waals surface area contributed by atoms with Crippen LogP contribution in [0.15, 0.2) is 23.7 Å². The van der Waals surface area contributed by atoms with Crippen molar-refractivity contribution in [1.29, 1.82) is 0 Å². The van der Waals surface area contributed by atoms with Gasteiger partial charge in [0, 0.05) is 7.05 Å². The summed E-state index contributed by atoms with van der Waals surface area (Å²) in [5.41, 5.74) is 7.45. The third-order valence-corrected chi connectivity index (χ3v) is 1.31. The Labute approximate surface area is 54.6 Å². The monoisotopic (exact) mass is 125 g/mol. The van der Waals surface area contributed by atoms with Gasteiger partial charge in [-0.15, -0.1) is 0 Å². The Balaban J connectivity index is 2.72. The molecule has 0 aromatic carbocycles. The molecule has 3 heteroatoms. The van der Waals surface area contributed by atoms with Gasteiger partial charge >= 0.3 is 0 Å². The van der Waals surface area contributed by atoms with E-state index in [0.29, 0.717) is 0 Å². The van der Waals surface area contributed by atoms with Crippen molar-refractivity contribution in [3.05, 3.63) is 23.7 Å². The second kappa shape index (κ2) is 2.44. The number of nitrogens with two attached hydrogens (primary N) is 1. The summed E-state index contributed by atoms with van der Waals surface area (Å²) in [7, 11) is 1.86. The molecule has 0 saturated heterocycles. The minimum absolute atomic E-state index is 0.804. The molecule has 1 aliphatic rings. The predicted molar refractivity (Wildman–Crippen MR) is 37.4 cm³/mol. The van der Waals surface area contributed by atoms with Crippen molar-refractivity contribution in [2.75, 3.05) is 13.6 Å². The summed E-state index contributed by atoms with van der Waals surface area (Å²) in [6.45, 7) is 0.804. The van der Waals surface area contributed by atoms with E-state index in [4.69, 9.17) is 5.73 Å². The lowest BCUT2D eigenvalue weighted by Gasteiger charge is -2.12. The Bertz CT molecular complexity index is 158. The number of hydrogen-bond acceptors (Lipinski definition) is 3. The first-order chi connectivity index (χ1) is 4.34. The van der Waals surface area contributed by atoms with E-state index in [-0.39, 0.29) is 0 Å². The molecule has 0 fully saturated rings. The molecule has 0 bridgehead atoms. The van der Waals surface area contributed by atoms with Gasteiger partial charge in [0.25, 0.3) is 0 Å². The predicted octanol–water partition coefficient (Wildman–Crippen LogP) is -0.507. The largest absolute Gasteiger partial charge is 0.397 e. The molecule has 1 aliphatic heterocycles. The molecule has 0 unspecified atom stereocenters. The molecular formula is C6H11N3. The van der Waals surface area contributed by atoms with Crippen molar-refractivity contribution in [2.24, 2.45) is 5.73 Å². The van der Waals surface area contributed by atoms with Crippen LogP contribution in [0.1, 0.15) is 0 Å². The number of rotatable bonds is 1. The maximum Gasteiger partial charge on any atom is 0.0563 e. The lowest BCUT2D eigenvalue weighted by Crippen LogP contribution is -2.26. The Hall–Kier alpha value is -1.12. The Kier molecular flexibility index (Phi) is 1.63. The number of dihydropyridines is 1. The van der Waals surface area contributed by atoms with Crippen molar-refractivity contribution >= 4 is 0 Å². The van der Waals surface area contributed by atoms with Crippen LogP contribution >= 0.6 is 0 Å². The maximum atomic E-state index is 5.58. The smallest absolute Gasteiger partial charge is 0.0563 e. The number of hydrogen-bond donors (Lipinski definition) is 3. The molecule has 0 amide bonds. The van der Waals surface area contributed by atoms with Crippen LogP contribution in [0, 0.1) is 0 Å². The van der Waals surface area contributed by atoms with Crippen molar-refractivity contribution < 1.29 is 0 Å². The molecule has 50 valence electrons. The first kappa shape index (κ1) is 6.01. The van der Waals surface area contributed by atoms with Crippen molar-refractivity contribution in [3.63, 3.8) is 0 Å². The highest BCUT2D eigenvalue weighted by Crippen LogP contribution is 1.98. The lowest BCUT2D eigenvalue weighted by molar-refractivity contribution is 0.810. The summed E-state index contributed by atoms with van der Waals surface area (Å²) in [6.07, 6.45) is 3.69. The van der Waals surface area contributed by atoms with Gasteiger partial charge in [0.05, 0.1) is 17.9 Å². The summed E-state index contributed by atoms with van der Waals surface area (Å²) < 4.78 is 0. The molecule has 0 saturated carbocycles. The Morgan fingerprint density at radius 3 is 3.00 bits per heavy atom. The van der Waals surface area contributed by atoms with Gasteiger partial charge in [0.2, 0.25) is 0 Å². The molecule has 1 rings (SSSR count). The molecule has 0 spiro atoms. The van der Waals surface area contributed by atoms with Crippen LogP contribution in [-0.2, 0) is 0 Å². The fraction of sp³-hybridized carbons (Fsp3) is 0.333. The first-order valence-corrected chi connectivity index (χ1v) is 2.91. The quantitative estimate of drug-likeness (QED) is 0.442. The van der Waals surface area contributed by atoms with Crippen molar-refractivity contribution in [2.45, 2.75) is 0 Å². The molecule has 1 heterocycles. The standard InChI is InChI=1S/C6H11N3/c1-8-6-4-9-3-2-5(6)7/h2-3,8-9H,4,7H2,1H3. The molecule has 0 radical (unpaired) electrons. The third-order valence-electron chi connectivity index (χ3n) is 1.31. The van der Waals surface area contributed by atoms with E-state index in [0.717, 1.165) is 17.9 Å². The van der Waals surface area contributed by atoms with Gasteiger partial charge in [-0.3, -0.25) is 0 Å². The van der Waals surface area contributed by atoms with E-state index in [1.54, 1.807) is 0 Å². The lowest BCUT2D eigenvalue weighted by atomic mass is 10.3. The fourth-order valence-electron chi connectivity index (χ4n) is 0.745. The zero-order valence-electron chi connectivity index (χ0n) is 5.44. The Morgan fingerprint density at radius 2 is 2.56 bits per heavy atom. The summed E-state index contributed by atoms with van der Waals surface area (Å²) in [4.78, 5) is 0. The van der Waals surface area contributed by atoms with Crippen LogP contribution in [0.3, 0.4) is 0 Å². The highest BCUT2D eigenvalue weighted by molar-refractivity contribution is 5.25. The molecule has 0 aliphatic carbocycles. The number of allylic oxidation sites excluding steroid dienone is 1. The highest BCUT2D eigenvalue weighted by atomic mass is 15.0. The van der Waals surface area contributed by atoms with Crippen LogP contribution in [0.5, 0.6) is 0 Å². The zero-order valence-corrected chi connectivity index (χ0v) is 5.44. The first-order valence-electron chi connectivity index (χ1n) is 2.91. The van der Waals surface area contributed by atoms with Crippen LogP contribution in [0.25, 0.3) is 0 Å². The third kappa shape index (κ3) is 1.16. The van der Waals surface area contributed by atoms with E-state index >= 15 is 0 Å². The minimum atomic E-state index is 0.804. The van der Waals surface area contributed by atoms with E-state index < -0.39 is 0 Å². The van der Waals surface area contributed by atoms with E-state index in [1.165, 1.54) is 0 Å². The van der Waals surface area contributed by atoms with Gasteiger partial charge in [0.15, 0.2) is 0 Å². The molecule has 3 nitrogen and oxygen atoms in total. The maximum absolute atomic E-state index is 5.58. The molecule has 0 atom stereocenters. The molecular weight excluding hydrogens is 114 g/mol. The average molecular weight is 125 g/mol. The second-order valence-corrected chi connectivity index (χ2v) is 1.90. The highest BCUT2D eigenvalue weighted by Gasteiger charge is 1.99. The van der Waals surface area contributed by atoms with Gasteiger partial charge in [-0.1, -0.05) is 0 Å².